The second-order valence-electron chi connectivity index (χ2n) is 10.3. The maximum Gasteiger partial charge on any atom is 0.412 e. The average Bonchev–Trinajstić information content (AvgIpc) is 3.76. The fraction of sp³-hybridized carbons (Fsp3) is 0.161. The zero-order valence-corrected chi connectivity index (χ0v) is 24.1. The molecular weight excluding hydrogens is 591 g/mol. The number of anilines is 1. The van der Waals surface area contributed by atoms with Crippen molar-refractivity contribution in [2.45, 2.75) is 25.3 Å². The molecule has 5 aromatic rings. The van der Waals surface area contributed by atoms with Crippen LogP contribution >= 0.6 is 0 Å². The lowest BCUT2D eigenvalue weighted by atomic mass is 10.0. The minimum absolute atomic E-state index is 0.0233. The molecule has 0 saturated heterocycles. The first-order valence-corrected chi connectivity index (χ1v) is 15.3. The van der Waals surface area contributed by atoms with Crippen LogP contribution in [0.3, 0.4) is 0 Å². The molecule has 3 aromatic carbocycles. The van der Waals surface area contributed by atoms with Crippen LogP contribution in [0.25, 0.3) is 22.3 Å². The number of carbonyl (C=O) groups is 2. The summed E-state index contributed by atoms with van der Waals surface area (Å²) in [5, 5.41) is 0.333. The van der Waals surface area contributed by atoms with Crippen LogP contribution in [0.5, 0.6) is 11.5 Å². The van der Waals surface area contributed by atoms with E-state index in [0.29, 0.717) is 39.3 Å². The summed E-state index contributed by atoms with van der Waals surface area (Å²) in [6.45, 7) is -0.0233. The SMILES string of the molecule is CS(=O)(=O)N(Cc1cncnc1)c1cc2oc(-c3ccc(Oc4ccc(F)cc4)cc3)c(C(=O)OC(N)=O)c2cc1C1CC1. The number of furan rings is 1. The predicted molar refractivity (Wildman–Crippen MR) is 158 cm³/mol. The number of ether oxygens (including phenoxy) is 2. The van der Waals surface area contributed by atoms with Gasteiger partial charge in [0, 0.05) is 35.0 Å². The summed E-state index contributed by atoms with van der Waals surface area (Å²) in [5.41, 5.74) is 7.44. The number of nitrogens with two attached hydrogens (primary N) is 1. The summed E-state index contributed by atoms with van der Waals surface area (Å²) >= 11 is 0. The molecule has 0 bridgehead atoms. The number of hydrogen-bond donors (Lipinski definition) is 1. The first kappa shape index (κ1) is 28.8. The Balaban J connectivity index is 1.47. The topological polar surface area (TPSA) is 155 Å². The highest BCUT2D eigenvalue weighted by Gasteiger charge is 2.34. The Morgan fingerprint density at radius 3 is 2.25 bits per heavy atom. The van der Waals surface area contributed by atoms with E-state index in [9.17, 15) is 22.4 Å². The number of amides is 1. The fourth-order valence-electron chi connectivity index (χ4n) is 4.91. The van der Waals surface area contributed by atoms with Crippen LogP contribution in [-0.2, 0) is 21.3 Å². The highest BCUT2D eigenvalue weighted by molar-refractivity contribution is 7.92. The van der Waals surface area contributed by atoms with Crippen molar-refractivity contribution >= 4 is 38.7 Å². The van der Waals surface area contributed by atoms with Crippen molar-refractivity contribution < 1.29 is 36.3 Å². The molecule has 2 N–H and O–H groups in total. The van der Waals surface area contributed by atoms with Crippen molar-refractivity contribution in [3.8, 4) is 22.8 Å². The number of hydrogen-bond acceptors (Lipinski definition) is 9. The van der Waals surface area contributed by atoms with Crippen LogP contribution in [0.15, 0.2) is 83.8 Å². The zero-order chi connectivity index (χ0) is 31.0. The summed E-state index contributed by atoms with van der Waals surface area (Å²) < 4.78 is 57.4. The third kappa shape index (κ3) is 6.08. The van der Waals surface area contributed by atoms with Gasteiger partial charge >= 0.3 is 12.1 Å². The van der Waals surface area contributed by atoms with Crippen LogP contribution in [0.2, 0.25) is 0 Å². The Labute approximate surface area is 251 Å². The van der Waals surface area contributed by atoms with Gasteiger partial charge in [-0.3, -0.25) is 4.31 Å². The van der Waals surface area contributed by atoms with E-state index in [-0.39, 0.29) is 29.4 Å². The van der Waals surface area contributed by atoms with E-state index in [4.69, 9.17) is 19.6 Å². The molecule has 2 heterocycles. The van der Waals surface area contributed by atoms with Gasteiger partial charge in [0.1, 0.15) is 40.6 Å². The Bertz CT molecular complexity index is 1980. The highest BCUT2D eigenvalue weighted by Crippen LogP contribution is 2.48. The van der Waals surface area contributed by atoms with Gasteiger partial charge in [0.2, 0.25) is 10.0 Å². The largest absolute Gasteiger partial charge is 0.457 e. The lowest BCUT2D eigenvalue weighted by Gasteiger charge is -2.25. The molecule has 0 atom stereocenters. The van der Waals surface area contributed by atoms with Crippen LogP contribution < -0.4 is 14.8 Å². The summed E-state index contributed by atoms with van der Waals surface area (Å²) in [6, 6.07) is 15.3. The normalized spacial score (nSPS) is 13.0. The molecule has 1 amide bonds. The van der Waals surface area contributed by atoms with E-state index < -0.39 is 27.9 Å². The molecule has 1 saturated carbocycles. The molecule has 224 valence electrons. The number of sulfonamides is 1. The molecule has 0 radical (unpaired) electrons. The van der Waals surface area contributed by atoms with E-state index in [0.717, 1.165) is 19.1 Å². The maximum atomic E-state index is 13.3. The van der Waals surface area contributed by atoms with Gasteiger partial charge < -0.3 is 19.6 Å². The highest BCUT2D eigenvalue weighted by atomic mass is 32.2. The third-order valence-electron chi connectivity index (χ3n) is 7.03. The summed E-state index contributed by atoms with van der Waals surface area (Å²) in [4.78, 5) is 32.8. The number of benzene rings is 3. The number of nitrogens with zero attached hydrogens (tertiary/aromatic N) is 3. The number of rotatable bonds is 9. The minimum atomic E-state index is -3.79. The van der Waals surface area contributed by atoms with Gasteiger partial charge in [-0.05, 0) is 78.9 Å². The van der Waals surface area contributed by atoms with Crippen molar-refractivity contribution in [1.29, 1.82) is 0 Å². The Morgan fingerprint density at radius 1 is 1.02 bits per heavy atom. The third-order valence-corrected chi connectivity index (χ3v) is 8.15. The zero-order valence-electron chi connectivity index (χ0n) is 23.3. The van der Waals surface area contributed by atoms with Crippen molar-refractivity contribution in [2.75, 3.05) is 10.6 Å². The molecule has 6 rings (SSSR count). The van der Waals surface area contributed by atoms with Gasteiger partial charge in [-0.2, -0.15) is 0 Å². The van der Waals surface area contributed by atoms with Crippen LogP contribution in [0, 0.1) is 5.82 Å². The van der Waals surface area contributed by atoms with E-state index in [1.165, 1.54) is 47.3 Å². The number of primary amides is 1. The van der Waals surface area contributed by atoms with Gasteiger partial charge in [-0.15, -0.1) is 0 Å². The molecule has 11 nitrogen and oxygen atoms in total. The number of aromatic nitrogens is 2. The van der Waals surface area contributed by atoms with Gasteiger partial charge in [0.15, 0.2) is 0 Å². The minimum Gasteiger partial charge on any atom is -0.457 e. The number of halogens is 1. The Kier molecular flexibility index (Phi) is 7.47. The van der Waals surface area contributed by atoms with Crippen LogP contribution in [0.4, 0.5) is 14.9 Å². The van der Waals surface area contributed by atoms with Crippen LogP contribution in [0.1, 0.15) is 40.2 Å². The monoisotopic (exact) mass is 616 g/mol. The molecule has 44 heavy (non-hydrogen) atoms. The molecule has 2 aromatic heterocycles. The quantitative estimate of drug-likeness (QED) is 0.157. The van der Waals surface area contributed by atoms with Gasteiger partial charge in [0.05, 0.1) is 18.5 Å². The fourth-order valence-corrected chi connectivity index (χ4v) is 5.81. The lowest BCUT2D eigenvalue weighted by Crippen LogP contribution is -2.30. The summed E-state index contributed by atoms with van der Waals surface area (Å²) in [6.07, 6.45) is 5.90. The van der Waals surface area contributed by atoms with Crippen LogP contribution in [-0.4, -0.2) is 36.7 Å². The average molecular weight is 617 g/mol. The van der Waals surface area contributed by atoms with Gasteiger partial charge in [-0.25, -0.2) is 32.4 Å². The molecule has 1 aliphatic carbocycles. The van der Waals surface area contributed by atoms with Gasteiger partial charge in [0.25, 0.3) is 0 Å². The molecule has 13 heteroatoms. The summed E-state index contributed by atoms with van der Waals surface area (Å²) in [7, 11) is -3.79. The van der Waals surface area contributed by atoms with Crippen molar-refractivity contribution in [3.05, 3.63) is 102 Å². The lowest BCUT2D eigenvalue weighted by molar-refractivity contribution is 0.0640. The summed E-state index contributed by atoms with van der Waals surface area (Å²) in [5.74, 6) is -0.424. The molecular formula is C31H25FN4O7S. The first-order valence-electron chi connectivity index (χ1n) is 13.4. The standard InChI is InChI=1S/C31H25FN4O7S/c1-44(39,40)36(16-18-14-34-17-35-15-18)26-13-27-25(12-24(26)19-2-3-19)28(30(37)43-31(33)38)29(42-27)20-4-8-22(9-5-20)41-23-10-6-21(32)7-11-23/h4-15,17,19H,2-3,16H2,1H3,(H2,33,38). The smallest absolute Gasteiger partial charge is 0.412 e. The Hall–Kier alpha value is -5.30. The maximum absolute atomic E-state index is 13.3. The van der Waals surface area contributed by atoms with E-state index in [1.54, 1.807) is 36.4 Å². The van der Waals surface area contributed by atoms with Gasteiger partial charge in [-0.1, -0.05) is 0 Å². The molecule has 0 spiro atoms. The first-order chi connectivity index (χ1) is 21.1. The molecule has 1 fully saturated rings. The molecule has 1 aliphatic rings. The van der Waals surface area contributed by atoms with E-state index in [2.05, 4.69) is 9.97 Å². The van der Waals surface area contributed by atoms with Crippen molar-refractivity contribution in [3.63, 3.8) is 0 Å². The second kappa shape index (κ2) is 11.4. The second-order valence-corrected chi connectivity index (χ2v) is 12.2. The molecule has 0 aliphatic heterocycles. The number of fused-ring (bicyclic) bond motifs is 1. The van der Waals surface area contributed by atoms with Crippen molar-refractivity contribution in [2.24, 2.45) is 5.73 Å². The Morgan fingerprint density at radius 2 is 1.66 bits per heavy atom. The predicted octanol–water partition coefficient (Wildman–Crippen LogP) is 5.90. The molecule has 0 unspecified atom stereocenters. The van der Waals surface area contributed by atoms with E-state index >= 15 is 0 Å². The van der Waals surface area contributed by atoms with Crippen molar-refractivity contribution in [1.82, 2.24) is 9.97 Å². The van der Waals surface area contributed by atoms with E-state index in [1.807, 2.05) is 0 Å². The number of carbonyl (C=O) groups excluding carboxylic acids is 2. The number of esters is 1.